The van der Waals surface area contributed by atoms with Gasteiger partial charge < -0.3 is 45.9 Å². The molecule has 2 rings (SSSR count). The van der Waals surface area contributed by atoms with Crippen LogP contribution in [-0.4, -0.2) is 87.7 Å². The number of nitrogen functional groups attached to an aromatic ring is 1. The summed E-state index contributed by atoms with van der Waals surface area (Å²) < 4.78 is 5.15. The summed E-state index contributed by atoms with van der Waals surface area (Å²) in [4.78, 5) is 24.8. The van der Waals surface area contributed by atoms with Crippen LogP contribution in [0.15, 0.2) is 17.1 Å². The van der Waals surface area contributed by atoms with E-state index in [1.54, 1.807) is 22.6 Å². The first-order valence-corrected chi connectivity index (χ1v) is 8.97. The average Bonchev–Trinajstić information content (AvgIpc) is 2.90. The van der Waals surface area contributed by atoms with E-state index >= 15 is 0 Å². The molecule has 1 aromatic rings. The van der Waals surface area contributed by atoms with Crippen LogP contribution in [-0.2, 0) is 9.53 Å². The molecule has 0 bridgehead atoms. The van der Waals surface area contributed by atoms with E-state index in [0.29, 0.717) is 6.29 Å². The number of aliphatic hydroxyl groups is 6. The van der Waals surface area contributed by atoms with E-state index in [4.69, 9.17) is 30.9 Å². The number of aliphatic hydroxyl groups excluding tert-OH is 6. The number of aromatic nitrogens is 2. The molecule has 7 atom stereocenters. The fourth-order valence-corrected chi connectivity index (χ4v) is 2.63. The SMILES string of the molecule is Nc1ccn([C@@H]2O[C@H](CO)[C@@H](O)[C@H]2O)c(=O)n1.O=CCC(O)C(O)C(O)I. The Morgan fingerprint density at radius 1 is 1.33 bits per heavy atom. The van der Waals surface area contributed by atoms with Crippen LogP contribution >= 0.6 is 22.6 Å². The molecule has 12 nitrogen and oxygen atoms in total. The summed E-state index contributed by atoms with van der Waals surface area (Å²) in [5, 5.41) is 54.5. The first kappa shape index (κ1) is 23.8. The molecule has 154 valence electrons. The highest BCUT2D eigenvalue weighted by atomic mass is 127. The van der Waals surface area contributed by atoms with Crippen LogP contribution in [0.1, 0.15) is 12.6 Å². The summed E-state index contributed by atoms with van der Waals surface area (Å²) in [7, 11) is 0. The number of ether oxygens (including phenoxy) is 1. The first-order chi connectivity index (χ1) is 12.6. The molecule has 0 saturated carbocycles. The topological polar surface area (TPSA) is 209 Å². The minimum atomic E-state index is -1.31. The van der Waals surface area contributed by atoms with Crippen molar-refractivity contribution in [2.75, 3.05) is 12.3 Å². The molecule has 0 aliphatic carbocycles. The Morgan fingerprint density at radius 3 is 2.41 bits per heavy atom. The number of alkyl halides is 1. The van der Waals surface area contributed by atoms with Gasteiger partial charge in [0.2, 0.25) is 0 Å². The number of anilines is 1. The summed E-state index contributed by atoms with van der Waals surface area (Å²) in [6.07, 6.45) is -5.33. The number of halogens is 1. The summed E-state index contributed by atoms with van der Waals surface area (Å²) in [5.41, 5.74) is 4.63. The lowest BCUT2D eigenvalue weighted by Gasteiger charge is -2.16. The number of hydrogen-bond donors (Lipinski definition) is 7. The summed E-state index contributed by atoms with van der Waals surface area (Å²) >= 11 is 1.55. The quantitative estimate of drug-likeness (QED) is 0.115. The lowest BCUT2D eigenvalue weighted by molar-refractivity contribution is -0.112. The number of rotatable bonds is 6. The molecule has 13 heteroatoms. The zero-order valence-corrected chi connectivity index (χ0v) is 16.1. The van der Waals surface area contributed by atoms with Crippen LogP contribution < -0.4 is 11.4 Å². The van der Waals surface area contributed by atoms with Gasteiger partial charge in [-0.15, -0.1) is 0 Å². The number of carbonyl (C=O) groups excluding carboxylic acids is 1. The molecule has 0 radical (unpaired) electrons. The first-order valence-electron chi connectivity index (χ1n) is 7.73. The van der Waals surface area contributed by atoms with Crippen molar-refractivity contribution in [3.05, 3.63) is 22.7 Å². The Hall–Kier alpha value is -1.20. The van der Waals surface area contributed by atoms with E-state index in [1.165, 1.54) is 12.3 Å². The molecule has 1 saturated heterocycles. The van der Waals surface area contributed by atoms with E-state index in [-0.39, 0.29) is 12.2 Å². The Morgan fingerprint density at radius 2 is 1.96 bits per heavy atom. The van der Waals surface area contributed by atoms with Crippen molar-refractivity contribution in [1.29, 1.82) is 0 Å². The minimum Gasteiger partial charge on any atom is -0.394 e. The molecular formula is C14H22IN3O9. The average molecular weight is 503 g/mol. The molecule has 0 spiro atoms. The Bertz CT molecular complexity index is 659. The second-order valence-electron chi connectivity index (χ2n) is 5.60. The van der Waals surface area contributed by atoms with Crippen LogP contribution in [0.25, 0.3) is 0 Å². The maximum Gasteiger partial charge on any atom is 0.351 e. The predicted molar refractivity (Wildman–Crippen MR) is 98.6 cm³/mol. The van der Waals surface area contributed by atoms with Gasteiger partial charge in [0.15, 0.2) is 6.23 Å². The predicted octanol–water partition coefficient (Wildman–Crippen LogP) is -3.51. The fourth-order valence-electron chi connectivity index (χ4n) is 2.15. The Kier molecular flexibility index (Phi) is 9.68. The van der Waals surface area contributed by atoms with Gasteiger partial charge in [0.25, 0.3) is 0 Å². The zero-order chi connectivity index (χ0) is 20.7. The van der Waals surface area contributed by atoms with E-state index in [0.717, 1.165) is 4.57 Å². The van der Waals surface area contributed by atoms with Gasteiger partial charge in [-0.1, -0.05) is 0 Å². The molecule has 2 heterocycles. The third kappa shape index (κ3) is 6.42. The maximum absolute atomic E-state index is 11.5. The lowest BCUT2D eigenvalue weighted by Crippen LogP contribution is -2.36. The molecule has 0 amide bonds. The third-order valence-electron chi connectivity index (χ3n) is 3.66. The van der Waals surface area contributed by atoms with Crippen molar-refractivity contribution in [3.8, 4) is 0 Å². The highest BCUT2D eigenvalue weighted by molar-refractivity contribution is 14.1. The van der Waals surface area contributed by atoms with E-state index in [2.05, 4.69) is 4.98 Å². The van der Waals surface area contributed by atoms with Crippen molar-refractivity contribution in [2.45, 2.75) is 47.3 Å². The van der Waals surface area contributed by atoms with Crippen molar-refractivity contribution in [3.63, 3.8) is 0 Å². The molecule has 1 aliphatic heterocycles. The van der Waals surface area contributed by atoms with Crippen LogP contribution in [0.2, 0.25) is 0 Å². The van der Waals surface area contributed by atoms with Gasteiger partial charge in [0.1, 0.15) is 40.6 Å². The molecular weight excluding hydrogens is 481 g/mol. The van der Waals surface area contributed by atoms with Gasteiger partial charge in [0, 0.05) is 12.6 Å². The molecule has 1 aromatic heterocycles. The summed E-state index contributed by atoms with van der Waals surface area (Å²) in [6, 6.07) is 1.37. The van der Waals surface area contributed by atoms with Gasteiger partial charge in [0.05, 0.1) is 12.7 Å². The van der Waals surface area contributed by atoms with Crippen molar-refractivity contribution >= 4 is 34.7 Å². The molecule has 8 N–H and O–H groups in total. The number of hydrogen-bond acceptors (Lipinski definition) is 11. The fraction of sp³-hybridized carbons (Fsp3) is 0.643. The highest BCUT2D eigenvalue weighted by Gasteiger charge is 2.43. The number of carbonyl (C=O) groups is 1. The van der Waals surface area contributed by atoms with Crippen LogP contribution in [0.3, 0.4) is 0 Å². The van der Waals surface area contributed by atoms with Crippen molar-refractivity contribution < 1.29 is 40.2 Å². The van der Waals surface area contributed by atoms with Crippen molar-refractivity contribution in [2.24, 2.45) is 0 Å². The Balaban J connectivity index is 0.000000314. The molecule has 1 fully saturated rings. The second kappa shape index (κ2) is 11.0. The molecule has 27 heavy (non-hydrogen) atoms. The van der Waals surface area contributed by atoms with Gasteiger partial charge in [-0.2, -0.15) is 4.98 Å². The molecule has 3 unspecified atom stereocenters. The lowest BCUT2D eigenvalue weighted by atomic mass is 10.1. The van der Waals surface area contributed by atoms with Crippen LogP contribution in [0.4, 0.5) is 5.82 Å². The third-order valence-corrected chi connectivity index (χ3v) is 4.39. The number of nitrogens with two attached hydrogens (primary N) is 1. The second-order valence-corrected chi connectivity index (χ2v) is 6.88. The van der Waals surface area contributed by atoms with Gasteiger partial charge in [-0.3, -0.25) is 4.57 Å². The van der Waals surface area contributed by atoms with Gasteiger partial charge >= 0.3 is 5.69 Å². The van der Waals surface area contributed by atoms with Gasteiger partial charge in [-0.05, 0) is 28.7 Å². The minimum absolute atomic E-state index is 0.0537. The summed E-state index contributed by atoms with van der Waals surface area (Å²) in [5.74, 6) is 0.0537. The zero-order valence-electron chi connectivity index (χ0n) is 13.9. The molecule has 0 aromatic carbocycles. The van der Waals surface area contributed by atoms with Crippen molar-refractivity contribution in [1.82, 2.24) is 9.55 Å². The monoisotopic (exact) mass is 503 g/mol. The van der Waals surface area contributed by atoms with E-state index in [9.17, 15) is 19.8 Å². The largest absolute Gasteiger partial charge is 0.394 e. The highest BCUT2D eigenvalue weighted by Crippen LogP contribution is 2.27. The normalized spacial score (nSPS) is 28.0. The van der Waals surface area contributed by atoms with E-state index in [1.807, 2.05) is 0 Å². The number of aldehydes is 1. The smallest absolute Gasteiger partial charge is 0.351 e. The summed E-state index contributed by atoms with van der Waals surface area (Å²) in [6.45, 7) is -0.453. The van der Waals surface area contributed by atoms with Crippen LogP contribution in [0, 0.1) is 0 Å². The standard InChI is InChI=1S/C9H13N3O5.C5H9IO4/c10-5-1-2-12(9(16)11-5)8-7(15)6(14)4(3-13)17-8;6-5(10)4(9)3(8)1-2-7/h1-2,4,6-8,13-15H,3H2,(H2,10,11,16);2-5,8-10H,1H2/t4-,6-,7-,8-;/m1./s1. The number of nitrogens with zero attached hydrogens (tertiary/aromatic N) is 2. The van der Waals surface area contributed by atoms with Gasteiger partial charge in [-0.25, -0.2) is 4.79 Å². The maximum atomic E-state index is 11.5. The van der Waals surface area contributed by atoms with Crippen LogP contribution in [0.5, 0.6) is 0 Å². The Labute approximate surface area is 167 Å². The molecule has 1 aliphatic rings. The van der Waals surface area contributed by atoms with E-state index < -0.39 is 53.2 Å².